The number of H-pyrrole nitrogens is 1. The summed E-state index contributed by atoms with van der Waals surface area (Å²) in [5.41, 5.74) is 3.43. The van der Waals surface area contributed by atoms with Crippen molar-refractivity contribution in [2.75, 3.05) is 38.0 Å². The SMILES string of the molecule is CCN1CCN(Cc2ccc(Nc3ncc(F)c(-c4c[nH]c5cccnc45)n3)nc2)CC1. The largest absolute Gasteiger partial charge is 0.359 e. The van der Waals surface area contributed by atoms with Crippen LogP contribution in [0.25, 0.3) is 22.3 Å². The quantitative estimate of drug-likeness (QED) is 0.483. The minimum absolute atomic E-state index is 0.190. The highest BCUT2D eigenvalue weighted by molar-refractivity contribution is 5.91. The van der Waals surface area contributed by atoms with E-state index in [1.807, 2.05) is 24.4 Å². The molecular formula is C23H25FN8. The van der Waals surface area contributed by atoms with Crippen molar-refractivity contribution >= 4 is 22.8 Å². The Morgan fingerprint density at radius 1 is 1.03 bits per heavy atom. The molecule has 0 spiro atoms. The minimum atomic E-state index is -0.506. The van der Waals surface area contributed by atoms with Gasteiger partial charge in [0.05, 0.1) is 17.2 Å². The first-order valence-electron chi connectivity index (χ1n) is 10.8. The van der Waals surface area contributed by atoms with E-state index in [4.69, 9.17) is 0 Å². The summed E-state index contributed by atoms with van der Waals surface area (Å²) in [6.45, 7) is 8.57. The second-order valence-corrected chi connectivity index (χ2v) is 7.88. The van der Waals surface area contributed by atoms with Crippen LogP contribution in [0.1, 0.15) is 12.5 Å². The van der Waals surface area contributed by atoms with Crippen LogP contribution in [0.2, 0.25) is 0 Å². The lowest BCUT2D eigenvalue weighted by atomic mass is 10.2. The number of nitrogens with zero attached hydrogens (tertiary/aromatic N) is 6. The number of hydrogen-bond donors (Lipinski definition) is 2. The standard InChI is InChI=1S/C23H25FN8/c1-2-31-8-10-32(11-9-31)15-16-5-6-20(27-12-16)29-23-28-14-18(24)21(30-23)17-13-26-19-4-3-7-25-22(17)19/h3-7,12-14,26H,2,8-11,15H2,1H3,(H,27,28,29,30). The van der Waals surface area contributed by atoms with Crippen molar-refractivity contribution < 1.29 is 4.39 Å². The first-order chi connectivity index (χ1) is 15.7. The molecule has 0 saturated carbocycles. The van der Waals surface area contributed by atoms with Gasteiger partial charge in [0.15, 0.2) is 5.82 Å². The van der Waals surface area contributed by atoms with E-state index in [0.29, 0.717) is 16.9 Å². The molecule has 164 valence electrons. The summed E-state index contributed by atoms with van der Waals surface area (Å²) < 4.78 is 14.5. The van der Waals surface area contributed by atoms with Gasteiger partial charge in [0.2, 0.25) is 5.95 Å². The van der Waals surface area contributed by atoms with Crippen LogP contribution < -0.4 is 5.32 Å². The van der Waals surface area contributed by atoms with Crippen molar-refractivity contribution in [3.63, 3.8) is 0 Å². The van der Waals surface area contributed by atoms with E-state index >= 15 is 0 Å². The van der Waals surface area contributed by atoms with Crippen LogP contribution in [-0.4, -0.2) is 67.4 Å². The van der Waals surface area contributed by atoms with Gasteiger partial charge < -0.3 is 15.2 Å². The summed E-state index contributed by atoms with van der Waals surface area (Å²) in [5, 5.41) is 3.07. The predicted molar refractivity (Wildman–Crippen MR) is 122 cm³/mol. The van der Waals surface area contributed by atoms with E-state index in [9.17, 15) is 4.39 Å². The molecule has 5 rings (SSSR count). The van der Waals surface area contributed by atoms with Gasteiger partial charge in [0.25, 0.3) is 0 Å². The lowest BCUT2D eigenvalue weighted by Gasteiger charge is -2.33. The molecule has 0 radical (unpaired) electrons. The molecule has 2 N–H and O–H groups in total. The van der Waals surface area contributed by atoms with Gasteiger partial charge >= 0.3 is 0 Å². The number of aromatic amines is 1. The Bertz CT molecular complexity index is 1200. The molecule has 1 aliphatic rings. The third-order valence-electron chi connectivity index (χ3n) is 5.82. The maximum atomic E-state index is 14.5. The number of fused-ring (bicyclic) bond motifs is 1. The molecule has 4 aromatic heterocycles. The maximum absolute atomic E-state index is 14.5. The Balaban J connectivity index is 1.29. The number of anilines is 2. The average Bonchev–Trinajstić information content (AvgIpc) is 3.26. The van der Waals surface area contributed by atoms with Crippen molar-refractivity contribution in [3.05, 3.63) is 60.4 Å². The zero-order chi connectivity index (χ0) is 21.9. The Labute approximate surface area is 185 Å². The Hall–Kier alpha value is -3.43. The van der Waals surface area contributed by atoms with E-state index < -0.39 is 5.82 Å². The molecule has 9 heteroatoms. The first-order valence-corrected chi connectivity index (χ1v) is 10.8. The van der Waals surface area contributed by atoms with Crippen molar-refractivity contribution in [1.82, 2.24) is 34.7 Å². The van der Waals surface area contributed by atoms with Crippen LogP contribution in [0.3, 0.4) is 0 Å². The summed E-state index contributed by atoms with van der Waals surface area (Å²) in [6, 6.07) is 7.67. The minimum Gasteiger partial charge on any atom is -0.359 e. The van der Waals surface area contributed by atoms with Crippen LogP contribution >= 0.6 is 0 Å². The fourth-order valence-corrected chi connectivity index (χ4v) is 3.98. The Kier molecular flexibility index (Phi) is 5.74. The number of hydrogen-bond acceptors (Lipinski definition) is 7. The van der Waals surface area contributed by atoms with Gasteiger partial charge in [-0.15, -0.1) is 0 Å². The van der Waals surface area contributed by atoms with E-state index in [-0.39, 0.29) is 11.6 Å². The number of rotatable bonds is 6. The highest BCUT2D eigenvalue weighted by Crippen LogP contribution is 2.28. The number of pyridine rings is 2. The maximum Gasteiger partial charge on any atom is 0.229 e. The van der Waals surface area contributed by atoms with Gasteiger partial charge in [-0.05, 0) is 30.3 Å². The van der Waals surface area contributed by atoms with E-state index in [0.717, 1.165) is 56.5 Å². The highest BCUT2D eigenvalue weighted by atomic mass is 19.1. The molecule has 0 atom stereocenters. The lowest BCUT2D eigenvalue weighted by Crippen LogP contribution is -2.45. The van der Waals surface area contributed by atoms with Gasteiger partial charge in [0, 0.05) is 56.9 Å². The summed E-state index contributed by atoms with van der Waals surface area (Å²) in [5.74, 6) is 0.385. The van der Waals surface area contributed by atoms with E-state index in [1.54, 1.807) is 12.4 Å². The first kappa shape index (κ1) is 20.5. The summed E-state index contributed by atoms with van der Waals surface area (Å²) in [4.78, 5) is 25.3. The third-order valence-corrected chi connectivity index (χ3v) is 5.82. The van der Waals surface area contributed by atoms with Gasteiger partial charge in [-0.2, -0.15) is 0 Å². The Morgan fingerprint density at radius 2 is 1.88 bits per heavy atom. The molecule has 1 saturated heterocycles. The molecule has 0 aliphatic carbocycles. The number of halogens is 1. The van der Waals surface area contributed by atoms with Gasteiger partial charge in [-0.1, -0.05) is 13.0 Å². The Morgan fingerprint density at radius 3 is 2.66 bits per heavy atom. The van der Waals surface area contributed by atoms with E-state index in [1.165, 1.54) is 0 Å². The van der Waals surface area contributed by atoms with Gasteiger partial charge in [-0.25, -0.2) is 19.3 Å². The zero-order valence-corrected chi connectivity index (χ0v) is 17.9. The number of aromatic nitrogens is 5. The van der Waals surface area contributed by atoms with Crippen LogP contribution in [0.15, 0.2) is 49.1 Å². The van der Waals surface area contributed by atoms with Gasteiger partial charge in [-0.3, -0.25) is 9.88 Å². The fraction of sp³-hybridized carbons (Fsp3) is 0.304. The smallest absolute Gasteiger partial charge is 0.229 e. The average molecular weight is 433 g/mol. The number of nitrogens with one attached hydrogen (secondary N) is 2. The number of piperazine rings is 1. The molecule has 0 unspecified atom stereocenters. The molecule has 4 aromatic rings. The molecule has 0 bridgehead atoms. The van der Waals surface area contributed by atoms with Crippen LogP contribution in [-0.2, 0) is 6.54 Å². The van der Waals surface area contributed by atoms with Crippen molar-refractivity contribution in [1.29, 1.82) is 0 Å². The second kappa shape index (κ2) is 8.97. The monoisotopic (exact) mass is 432 g/mol. The summed E-state index contributed by atoms with van der Waals surface area (Å²) in [6.07, 6.45) is 6.41. The topological polar surface area (TPSA) is 85.9 Å². The molecule has 0 aromatic carbocycles. The van der Waals surface area contributed by atoms with Crippen LogP contribution in [0.4, 0.5) is 16.2 Å². The van der Waals surface area contributed by atoms with Crippen molar-refractivity contribution in [2.24, 2.45) is 0 Å². The summed E-state index contributed by atoms with van der Waals surface area (Å²) >= 11 is 0. The third kappa shape index (κ3) is 4.30. The zero-order valence-electron chi connectivity index (χ0n) is 17.9. The molecule has 0 amide bonds. The second-order valence-electron chi connectivity index (χ2n) is 7.88. The van der Waals surface area contributed by atoms with Crippen molar-refractivity contribution in [2.45, 2.75) is 13.5 Å². The molecule has 1 aliphatic heterocycles. The summed E-state index contributed by atoms with van der Waals surface area (Å²) in [7, 11) is 0. The van der Waals surface area contributed by atoms with Crippen LogP contribution in [0, 0.1) is 5.82 Å². The van der Waals surface area contributed by atoms with E-state index in [2.05, 4.69) is 53.0 Å². The molecule has 8 nitrogen and oxygen atoms in total. The fourth-order valence-electron chi connectivity index (χ4n) is 3.98. The lowest BCUT2D eigenvalue weighted by molar-refractivity contribution is 0.132. The molecule has 1 fully saturated rings. The molecule has 5 heterocycles. The molecular weight excluding hydrogens is 407 g/mol. The van der Waals surface area contributed by atoms with Crippen LogP contribution in [0.5, 0.6) is 0 Å². The highest BCUT2D eigenvalue weighted by Gasteiger charge is 2.17. The number of likely N-dealkylation sites (N-methyl/N-ethyl adjacent to an activating group) is 1. The van der Waals surface area contributed by atoms with Crippen molar-refractivity contribution in [3.8, 4) is 11.3 Å². The predicted octanol–water partition coefficient (Wildman–Crippen LogP) is 3.44. The van der Waals surface area contributed by atoms with Gasteiger partial charge in [0.1, 0.15) is 11.5 Å². The normalized spacial score (nSPS) is 15.3. The molecule has 32 heavy (non-hydrogen) atoms.